The highest BCUT2D eigenvalue weighted by atomic mass is 15.0. The molecule has 2 aromatic heterocycles. The first-order valence-electron chi connectivity index (χ1n) is 14.5. The van der Waals surface area contributed by atoms with E-state index >= 15 is 0 Å². The number of hydrogen-bond acceptors (Lipinski definition) is 1. The smallest absolute Gasteiger partial charge is 0.146 e. The van der Waals surface area contributed by atoms with Gasteiger partial charge in [-0.25, -0.2) is 4.98 Å². The highest BCUT2D eigenvalue weighted by Crippen LogP contribution is 2.48. The standard InChI is InChI=1S/C40H26N2/c1-7-21-37-29(11-1)25-35(40-41-36-20-6-8-22-38(36)42(37)40)28-14-9-12-26(23-28)27-13-10-15-30(24-27)39-33-18-4-2-16-31(33)32-17-3-5-19-34(32)39/h1-25,39H. The van der Waals surface area contributed by atoms with Gasteiger partial charge in [-0.2, -0.15) is 0 Å². The van der Waals surface area contributed by atoms with E-state index in [9.17, 15) is 0 Å². The van der Waals surface area contributed by atoms with Crippen LogP contribution in [0.3, 0.4) is 0 Å². The van der Waals surface area contributed by atoms with Crippen molar-refractivity contribution in [2.45, 2.75) is 5.92 Å². The van der Waals surface area contributed by atoms with Gasteiger partial charge in [-0.05, 0) is 80.2 Å². The predicted molar refractivity (Wildman–Crippen MR) is 174 cm³/mol. The van der Waals surface area contributed by atoms with Gasteiger partial charge in [0.25, 0.3) is 0 Å². The van der Waals surface area contributed by atoms with E-state index in [1.165, 1.54) is 55.4 Å². The summed E-state index contributed by atoms with van der Waals surface area (Å²) in [5.74, 6) is 0.234. The van der Waals surface area contributed by atoms with Crippen molar-refractivity contribution < 1.29 is 0 Å². The summed E-state index contributed by atoms with van der Waals surface area (Å²) in [5.41, 5.74) is 15.8. The van der Waals surface area contributed by atoms with E-state index in [0.717, 1.165) is 22.2 Å². The van der Waals surface area contributed by atoms with Crippen LogP contribution in [-0.2, 0) is 0 Å². The quantitative estimate of drug-likeness (QED) is 0.220. The number of imidazole rings is 1. The number of fused-ring (bicyclic) bond motifs is 8. The Balaban J connectivity index is 1.20. The monoisotopic (exact) mass is 534 g/mol. The Labute approximate surface area is 244 Å². The molecule has 1 aliphatic carbocycles. The number of nitrogens with zero attached hydrogens (tertiary/aromatic N) is 2. The molecule has 0 aliphatic heterocycles. The van der Waals surface area contributed by atoms with E-state index < -0.39 is 0 Å². The molecule has 9 rings (SSSR count). The van der Waals surface area contributed by atoms with Crippen LogP contribution in [0, 0.1) is 0 Å². The molecule has 0 saturated carbocycles. The summed E-state index contributed by atoms with van der Waals surface area (Å²) >= 11 is 0. The van der Waals surface area contributed by atoms with Gasteiger partial charge >= 0.3 is 0 Å². The van der Waals surface area contributed by atoms with Crippen molar-refractivity contribution in [3.8, 4) is 33.4 Å². The van der Waals surface area contributed by atoms with Crippen LogP contribution >= 0.6 is 0 Å². The van der Waals surface area contributed by atoms with Gasteiger partial charge in [-0.15, -0.1) is 0 Å². The maximum atomic E-state index is 5.12. The zero-order valence-corrected chi connectivity index (χ0v) is 22.9. The molecule has 42 heavy (non-hydrogen) atoms. The third-order valence-electron chi connectivity index (χ3n) is 8.84. The molecule has 8 aromatic rings. The molecule has 0 unspecified atom stereocenters. The van der Waals surface area contributed by atoms with Crippen molar-refractivity contribution in [3.63, 3.8) is 0 Å². The largest absolute Gasteiger partial charge is 0.292 e. The average Bonchev–Trinajstić information content (AvgIpc) is 3.61. The third-order valence-corrected chi connectivity index (χ3v) is 8.84. The van der Waals surface area contributed by atoms with Gasteiger partial charge in [0.2, 0.25) is 0 Å². The van der Waals surface area contributed by atoms with Crippen LogP contribution in [0.1, 0.15) is 22.6 Å². The number of rotatable bonds is 3. The van der Waals surface area contributed by atoms with Gasteiger partial charge in [0, 0.05) is 11.5 Å². The Morgan fingerprint density at radius 1 is 0.452 bits per heavy atom. The van der Waals surface area contributed by atoms with Gasteiger partial charge in [0.05, 0.1) is 16.6 Å². The van der Waals surface area contributed by atoms with Crippen LogP contribution in [0.25, 0.3) is 61.0 Å². The second-order valence-electron chi connectivity index (χ2n) is 11.2. The van der Waals surface area contributed by atoms with Crippen molar-refractivity contribution >= 4 is 27.6 Å². The Bertz CT molecular complexity index is 2280. The lowest BCUT2D eigenvalue weighted by Gasteiger charge is -2.16. The van der Waals surface area contributed by atoms with E-state index in [-0.39, 0.29) is 5.92 Å². The molecule has 2 heteroatoms. The summed E-state index contributed by atoms with van der Waals surface area (Å²) < 4.78 is 2.31. The summed E-state index contributed by atoms with van der Waals surface area (Å²) in [6.45, 7) is 0. The van der Waals surface area contributed by atoms with E-state index in [1.807, 2.05) is 0 Å². The third kappa shape index (κ3) is 3.42. The number of pyridine rings is 1. The van der Waals surface area contributed by atoms with Gasteiger partial charge in [0.1, 0.15) is 5.65 Å². The van der Waals surface area contributed by atoms with Crippen LogP contribution in [0.2, 0.25) is 0 Å². The molecule has 0 atom stereocenters. The molecule has 0 fully saturated rings. The van der Waals surface area contributed by atoms with Crippen molar-refractivity contribution in [1.29, 1.82) is 0 Å². The average molecular weight is 535 g/mol. The fourth-order valence-electron chi connectivity index (χ4n) is 6.97. The maximum absolute atomic E-state index is 5.12. The van der Waals surface area contributed by atoms with Crippen LogP contribution in [0.4, 0.5) is 0 Å². The zero-order valence-electron chi connectivity index (χ0n) is 22.9. The van der Waals surface area contributed by atoms with Crippen LogP contribution < -0.4 is 0 Å². The predicted octanol–water partition coefficient (Wildman–Crippen LogP) is 10.1. The van der Waals surface area contributed by atoms with E-state index in [0.29, 0.717) is 0 Å². The van der Waals surface area contributed by atoms with E-state index in [1.54, 1.807) is 0 Å². The maximum Gasteiger partial charge on any atom is 0.146 e. The Morgan fingerprint density at radius 2 is 1.07 bits per heavy atom. The number of aromatic nitrogens is 2. The summed E-state index contributed by atoms with van der Waals surface area (Å²) in [6.07, 6.45) is 0. The van der Waals surface area contributed by atoms with Gasteiger partial charge in [0.15, 0.2) is 0 Å². The molecule has 2 heterocycles. The normalized spacial score (nSPS) is 12.7. The summed E-state index contributed by atoms with van der Waals surface area (Å²) in [7, 11) is 0. The number of benzene rings is 6. The second kappa shape index (κ2) is 9.02. The van der Waals surface area contributed by atoms with Gasteiger partial charge in [-0.1, -0.05) is 121 Å². The van der Waals surface area contributed by atoms with Crippen LogP contribution in [0.5, 0.6) is 0 Å². The Kier molecular flexibility index (Phi) is 4.99. The van der Waals surface area contributed by atoms with E-state index in [2.05, 4.69) is 156 Å². The highest BCUT2D eigenvalue weighted by Gasteiger charge is 2.29. The van der Waals surface area contributed by atoms with Gasteiger partial charge in [-0.3, -0.25) is 4.40 Å². The van der Waals surface area contributed by atoms with Crippen molar-refractivity contribution in [2.75, 3.05) is 0 Å². The molecule has 0 bridgehead atoms. The Morgan fingerprint density at radius 3 is 1.88 bits per heavy atom. The van der Waals surface area contributed by atoms with Crippen molar-refractivity contribution in [2.24, 2.45) is 0 Å². The molecule has 1 aliphatic rings. The first-order chi connectivity index (χ1) is 20.8. The molecule has 0 amide bonds. The fourth-order valence-corrected chi connectivity index (χ4v) is 6.97. The summed E-state index contributed by atoms with van der Waals surface area (Å²) in [6, 6.07) is 55.0. The molecule has 0 saturated heterocycles. The first kappa shape index (κ1) is 23.3. The molecule has 2 nitrogen and oxygen atoms in total. The number of hydrogen-bond donors (Lipinski definition) is 0. The number of para-hydroxylation sites is 3. The minimum atomic E-state index is 0.234. The molecule has 196 valence electrons. The highest BCUT2D eigenvalue weighted by molar-refractivity contribution is 5.98. The van der Waals surface area contributed by atoms with Crippen LogP contribution in [-0.4, -0.2) is 9.38 Å². The Hall–Kier alpha value is -5.47. The molecular formula is C40H26N2. The van der Waals surface area contributed by atoms with Crippen LogP contribution in [0.15, 0.2) is 152 Å². The summed E-state index contributed by atoms with van der Waals surface area (Å²) in [5, 5.41) is 1.20. The molecule has 0 spiro atoms. The summed E-state index contributed by atoms with van der Waals surface area (Å²) in [4.78, 5) is 5.12. The molecule has 0 radical (unpaired) electrons. The minimum absolute atomic E-state index is 0.234. The zero-order chi connectivity index (χ0) is 27.6. The molecular weight excluding hydrogens is 508 g/mol. The molecule has 0 N–H and O–H groups in total. The van der Waals surface area contributed by atoms with Crippen molar-refractivity contribution in [3.05, 3.63) is 168 Å². The lowest BCUT2D eigenvalue weighted by atomic mass is 9.87. The lowest BCUT2D eigenvalue weighted by molar-refractivity contribution is 1.02. The van der Waals surface area contributed by atoms with Crippen molar-refractivity contribution in [1.82, 2.24) is 9.38 Å². The van der Waals surface area contributed by atoms with Gasteiger partial charge < -0.3 is 0 Å². The first-order valence-corrected chi connectivity index (χ1v) is 14.5. The SMILES string of the molecule is c1cc(-c2cccc(C3c4ccccc4-c4ccccc43)c2)cc(-c2cc3ccccc3n3c2nc2ccccc23)c1. The fraction of sp³-hybridized carbons (Fsp3) is 0.0250. The minimum Gasteiger partial charge on any atom is -0.292 e. The van der Waals surface area contributed by atoms with E-state index in [4.69, 9.17) is 4.98 Å². The topological polar surface area (TPSA) is 17.3 Å². The second-order valence-corrected chi connectivity index (χ2v) is 11.2. The lowest BCUT2D eigenvalue weighted by Crippen LogP contribution is -1.99. The molecule has 6 aromatic carbocycles.